The number of carbonyl (C=O) groups excluding carboxylic acids is 1. The first-order valence-electron chi connectivity index (χ1n) is 7.87. The second-order valence-electron chi connectivity index (χ2n) is 5.48. The van der Waals surface area contributed by atoms with E-state index in [1.807, 2.05) is 37.3 Å². The smallest absolute Gasteiger partial charge is 0.277 e. The molecular weight excluding hydrogens is 336 g/mol. The number of thioether (sulfide) groups is 1. The second-order valence-corrected chi connectivity index (χ2v) is 6.77. The van der Waals surface area contributed by atoms with E-state index in [-0.39, 0.29) is 11.0 Å². The lowest BCUT2D eigenvalue weighted by atomic mass is 10.1. The highest BCUT2D eigenvalue weighted by Gasteiger charge is 2.20. The molecular formula is C19H18N2O3S. The van der Waals surface area contributed by atoms with Gasteiger partial charge in [-0.3, -0.25) is 4.79 Å². The van der Waals surface area contributed by atoms with Gasteiger partial charge in [0.2, 0.25) is 5.89 Å². The number of rotatable bonds is 7. The molecule has 2 aromatic carbocycles. The Hall–Kier alpha value is -2.60. The number of hydrogen-bond donors (Lipinski definition) is 0. The maximum Gasteiger partial charge on any atom is 0.277 e. The van der Waals surface area contributed by atoms with E-state index in [4.69, 9.17) is 9.15 Å². The second kappa shape index (κ2) is 7.98. The molecule has 1 atom stereocenters. The summed E-state index contributed by atoms with van der Waals surface area (Å²) in [5.74, 6) is 1.27. The monoisotopic (exact) mass is 354 g/mol. The minimum Gasteiger partial charge on any atom is -0.497 e. The van der Waals surface area contributed by atoms with Crippen LogP contribution in [0.4, 0.5) is 0 Å². The molecule has 3 rings (SSSR count). The molecule has 0 saturated heterocycles. The van der Waals surface area contributed by atoms with Crippen molar-refractivity contribution in [2.75, 3.05) is 7.11 Å². The van der Waals surface area contributed by atoms with E-state index in [0.29, 0.717) is 23.1 Å². The zero-order valence-electron chi connectivity index (χ0n) is 14.0. The average Bonchev–Trinajstić information content (AvgIpc) is 3.08. The molecule has 0 N–H and O–H groups in total. The number of Topliss-reactive ketones (excluding diaryl/α,β-unsaturated/α-hetero) is 1. The van der Waals surface area contributed by atoms with Crippen LogP contribution in [0.1, 0.15) is 28.7 Å². The van der Waals surface area contributed by atoms with Crippen LogP contribution in [0.5, 0.6) is 5.75 Å². The normalized spacial score (nSPS) is 11.9. The van der Waals surface area contributed by atoms with Crippen LogP contribution in [0.15, 0.2) is 64.2 Å². The predicted molar refractivity (Wildman–Crippen MR) is 96.2 cm³/mol. The van der Waals surface area contributed by atoms with Gasteiger partial charge in [-0.1, -0.05) is 42.1 Å². The molecule has 0 unspecified atom stereocenters. The molecule has 1 aromatic heterocycles. The zero-order chi connectivity index (χ0) is 17.6. The Kier molecular flexibility index (Phi) is 5.50. The SMILES string of the molecule is COc1ccc(C(=O)[C@H](C)Sc2nnc(Cc3ccccc3)o2)cc1. The number of aromatic nitrogens is 2. The van der Waals surface area contributed by atoms with E-state index >= 15 is 0 Å². The summed E-state index contributed by atoms with van der Waals surface area (Å²) >= 11 is 1.27. The van der Waals surface area contributed by atoms with Crippen molar-refractivity contribution in [3.63, 3.8) is 0 Å². The topological polar surface area (TPSA) is 65.2 Å². The number of ketones is 1. The van der Waals surface area contributed by atoms with Gasteiger partial charge in [0.25, 0.3) is 5.22 Å². The summed E-state index contributed by atoms with van der Waals surface area (Å²) in [6.07, 6.45) is 0.579. The zero-order valence-corrected chi connectivity index (χ0v) is 14.8. The molecule has 25 heavy (non-hydrogen) atoms. The lowest BCUT2D eigenvalue weighted by Crippen LogP contribution is -2.13. The maximum atomic E-state index is 12.5. The average molecular weight is 354 g/mol. The summed E-state index contributed by atoms with van der Waals surface area (Å²) in [5, 5.41) is 8.17. The van der Waals surface area contributed by atoms with Crippen LogP contribution in [0.25, 0.3) is 0 Å². The van der Waals surface area contributed by atoms with Crippen molar-refractivity contribution in [2.24, 2.45) is 0 Å². The van der Waals surface area contributed by atoms with Crippen LogP contribution < -0.4 is 4.74 Å². The molecule has 0 aliphatic heterocycles. The number of nitrogens with zero attached hydrogens (tertiary/aromatic N) is 2. The van der Waals surface area contributed by atoms with Crippen molar-refractivity contribution in [1.82, 2.24) is 10.2 Å². The predicted octanol–water partition coefficient (Wildman–Crippen LogP) is 4.03. The number of carbonyl (C=O) groups is 1. The highest BCUT2D eigenvalue weighted by molar-refractivity contribution is 8.00. The van der Waals surface area contributed by atoms with Crippen LogP contribution in [0.3, 0.4) is 0 Å². The van der Waals surface area contributed by atoms with E-state index < -0.39 is 0 Å². The standard InChI is InChI=1S/C19H18N2O3S/c1-13(18(22)15-8-10-16(23-2)11-9-15)25-19-21-20-17(24-19)12-14-6-4-3-5-7-14/h3-11,13H,12H2,1-2H3/t13-/m0/s1. The fourth-order valence-corrected chi connectivity index (χ4v) is 3.10. The number of methoxy groups -OCH3 is 1. The Balaban J connectivity index is 1.62. The van der Waals surface area contributed by atoms with E-state index in [1.165, 1.54) is 11.8 Å². The van der Waals surface area contributed by atoms with Gasteiger partial charge in [-0.25, -0.2) is 0 Å². The van der Waals surface area contributed by atoms with Crippen molar-refractivity contribution in [3.8, 4) is 5.75 Å². The van der Waals surface area contributed by atoms with Gasteiger partial charge in [0, 0.05) is 5.56 Å². The lowest BCUT2D eigenvalue weighted by Gasteiger charge is -2.08. The minimum absolute atomic E-state index is 0.00969. The quantitative estimate of drug-likeness (QED) is 0.471. The van der Waals surface area contributed by atoms with Crippen molar-refractivity contribution in [1.29, 1.82) is 0 Å². The van der Waals surface area contributed by atoms with E-state index in [2.05, 4.69) is 10.2 Å². The number of benzene rings is 2. The van der Waals surface area contributed by atoms with Crippen molar-refractivity contribution in [2.45, 2.75) is 23.8 Å². The molecule has 0 aliphatic carbocycles. The molecule has 3 aromatic rings. The molecule has 6 heteroatoms. The molecule has 0 aliphatic rings. The fourth-order valence-electron chi connectivity index (χ4n) is 2.32. The van der Waals surface area contributed by atoms with Crippen LogP contribution in [-0.4, -0.2) is 28.3 Å². The van der Waals surface area contributed by atoms with Crippen LogP contribution in [-0.2, 0) is 6.42 Å². The maximum absolute atomic E-state index is 12.5. The molecule has 0 spiro atoms. The summed E-state index contributed by atoms with van der Waals surface area (Å²) in [6, 6.07) is 17.0. The van der Waals surface area contributed by atoms with Gasteiger partial charge in [0.15, 0.2) is 5.78 Å². The third kappa shape index (κ3) is 4.48. The first kappa shape index (κ1) is 17.2. The van der Waals surface area contributed by atoms with Gasteiger partial charge in [-0.2, -0.15) is 0 Å². The van der Waals surface area contributed by atoms with Crippen LogP contribution in [0, 0.1) is 0 Å². The number of ether oxygens (including phenoxy) is 1. The highest BCUT2D eigenvalue weighted by Crippen LogP contribution is 2.25. The third-order valence-electron chi connectivity index (χ3n) is 3.67. The minimum atomic E-state index is -0.321. The van der Waals surface area contributed by atoms with Gasteiger partial charge in [0.1, 0.15) is 5.75 Å². The highest BCUT2D eigenvalue weighted by atomic mass is 32.2. The fraction of sp³-hybridized carbons (Fsp3) is 0.211. The number of hydrogen-bond acceptors (Lipinski definition) is 6. The molecule has 5 nitrogen and oxygen atoms in total. The Morgan fingerprint density at radius 3 is 2.52 bits per heavy atom. The molecule has 0 fully saturated rings. The molecule has 0 saturated carbocycles. The molecule has 0 amide bonds. The Labute approximate surface area is 150 Å². The van der Waals surface area contributed by atoms with E-state index in [1.54, 1.807) is 31.4 Å². The summed E-state index contributed by atoms with van der Waals surface area (Å²) in [6.45, 7) is 1.83. The molecule has 0 radical (unpaired) electrons. The third-order valence-corrected chi connectivity index (χ3v) is 4.60. The summed E-state index contributed by atoms with van der Waals surface area (Å²) in [4.78, 5) is 12.5. The Morgan fingerprint density at radius 1 is 1.12 bits per heavy atom. The summed E-state index contributed by atoms with van der Waals surface area (Å²) in [5.41, 5.74) is 1.73. The molecule has 0 bridgehead atoms. The van der Waals surface area contributed by atoms with Crippen molar-refractivity contribution in [3.05, 3.63) is 71.6 Å². The van der Waals surface area contributed by atoms with Gasteiger partial charge < -0.3 is 9.15 Å². The van der Waals surface area contributed by atoms with Crippen molar-refractivity contribution < 1.29 is 13.9 Å². The van der Waals surface area contributed by atoms with Gasteiger partial charge in [-0.05, 0) is 36.8 Å². The van der Waals surface area contributed by atoms with Gasteiger partial charge in [0.05, 0.1) is 18.8 Å². The Morgan fingerprint density at radius 2 is 1.84 bits per heavy atom. The van der Waals surface area contributed by atoms with Crippen molar-refractivity contribution >= 4 is 17.5 Å². The first-order valence-corrected chi connectivity index (χ1v) is 8.75. The molecule has 128 valence electrons. The van der Waals surface area contributed by atoms with Crippen LogP contribution >= 0.6 is 11.8 Å². The Bertz CT molecular complexity index is 831. The largest absolute Gasteiger partial charge is 0.497 e. The van der Waals surface area contributed by atoms with E-state index in [9.17, 15) is 4.79 Å². The van der Waals surface area contributed by atoms with E-state index in [0.717, 1.165) is 11.3 Å². The van der Waals surface area contributed by atoms with Gasteiger partial charge in [-0.15, -0.1) is 10.2 Å². The summed E-state index contributed by atoms with van der Waals surface area (Å²) in [7, 11) is 1.60. The van der Waals surface area contributed by atoms with Gasteiger partial charge >= 0.3 is 0 Å². The summed E-state index contributed by atoms with van der Waals surface area (Å²) < 4.78 is 10.8. The van der Waals surface area contributed by atoms with Crippen LogP contribution in [0.2, 0.25) is 0 Å². The first-order chi connectivity index (χ1) is 12.2. The molecule has 1 heterocycles. The lowest BCUT2D eigenvalue weighted by molar-refractivity contribution is 0.0993.